The third kappa shape index (κ3) is 4.70. The van der Waals surface area contributed by atoms with Crippen molar-refractivity contribution in [3.63, 3.8) is 0 Å². The van der Waals surface area contributed by atoms with E-state index in [1.807, 2.05) is 45.0 Å². The molecule has 1 aliphatic heterocycles. The van der Waals surface area contributed by atoms with E-state index in [2.05, 4.69) is 5.32 Å². The molecule has 1 saturated heterocycles. The zero-order chi connectivity index (χ0) is 16.8. The lowest BCUT2D eigenvalue weighted by atomic mass is 10.2. The second-order valence-corrected chi connectivity index (χ2v) is 7.84. The summed E-state index contributed by atoms with van der Waals surface area (Å²) in [5.41, 5.74) is 1.11. The van der Waals surface area contributed by atoms with Crippen molar-refractivity contribution in [2.45, 2.75) is 38.5 Å². The minimum Gasteiger partial charge on any atom is -0.493 e. The molecule has 1 fully saturated rings. The van der Waals surface area contributed by atoms with Crippen LogP contribution in [0.15, 0.2) is 24.3 Å². The average Bonchev–Trinajstić information content (AvgIpc) is 2.54. The van der Waals surface area contributed by atoms with Crippen LogP contribution in [0.25, 0.3) is 0 Å². The molecule has 6 heteroatoms. The molecule has 0 spiro atoms. The summed E-state index contributed by atoms with van der Waals surface area (Å²) in [6, 6.07) is 7.83. The Morgan fingerprint density at radius 3 is 2.87 bits per heavy atom. The second-order valence-electron chi connectivity index (χ2n) is 5.92. The highest BCUT2D eigenvalue weighted by atomic mass is 32.2. The zero-order valence-electron chi connectivity index (χ0n) is 14.1. The third-order valence-electron chi connectivity index (χ3n) is 4.33. The molecule has 1 aromatic carbocycles. The maximum absolute atomic E-state index is 12.2. The minimum atomic E-state index is -0.826. The molecule has 0 unspecified atom stereocenters. The fraction of sp³-hybridized carbons (Fsp3) is 0.588. The van der Waals surface area contributed by atoms with Gasteiger partial charge in [0.05, 0.1) is 11.9 Å². The number of nitrogens with one attached hydrogen (secondary N) is 1. The van der Waals surface area contributed by atoms with Gasteiger partial charge >= 0.3 is 6.03 Å². The quantitative estimate of drug-likeness (QED) is 0.838. The van der Waals surface area contributed by atoms with Crippen LogP contribution < -0.4 is 10.1 Å². The van der Waals surface area contributed by atoms with Gasteiger partial charge < -0.3 is 15.0 Å². The summed E-state index contributed by atoms with van der Waals surface area (Å²) in [5.74, 6) is 1.45. The molecule has 0 bridgehead atoms. The highest BCUT2D eigenvalue weighted by molar-refractivity contribution is 7.85. The Morgan fingerprint density at radius 1 is 1.39 bits per heavy atom. The molecule has 0 saturated carbocycles. The largest absolute Gasteiger partial charge is 0.493 e. The van der Waals surface area contributed by atoms with Crippen LogP contribution in [0.1, 0.15) is 25.8 Å². The Morgan fingerprint density at radius 2 is 2.13 bits per heavy atom. The molecule has 2 amide bonds. The van der Waals surface area contributed by atoms with E-state index in [1.54, 1.807) is 4.90 Å². The van der Waals surface area contributed by atoms with Crippen LogP contribution in [0.4, 0.5) is 4.79 Å². The fourth-order valence-corrected chi connectivity index (χ4v) is 3.94. The van der Waals surface area contributed by atoms with Crippen molar-refractivity contribution in [1.82, 2.24) is 10.2 Å². The van der Waals surface area contributed by atoms with E-state index < -0.39 is 10.8 Å². The van der Waals surface area contributed by atoms with Crippen molar-refractivity contribution >= 4 is 16.8 Å². The van der Waals surface area contributed by atoms with Gasteiger partial charge in [-0.05, 0) is 38.8 Å². The van der Waals surface area contributed by atoms with Crippen LogP contribution >= 0.6 is 0 Å². The summed E-state index contributed by atoms with van der Waals surface area (Å²) >= 11 is 0. The number of para-hydroxylation sites is 1. The molecule has 1 heterocycles. The van der Waals surface area contributed by atoms with Gasteiger partial charge in [-0.2, -0.15) is 0 Å². The number of benzene rings is 1. The Labute approximate surface area is 140 Å². The van der Waals surface area contributed by atoms with E-state index in [0.29, 0.717) is 25.4 Å². The maximum atomic E-state index is 12.2. The van der Waals surface area contributed by atoms with E-state index in [9.17, 15) is 9.00 Å². The molecule has 1 aliphatic rings. The van der Waals surface area contributed by atoms with Crippen molar-refractivity contribution in [2.24, 2.45) is 0 Å². The number of hydrogen-bond donors (Lipinski definition) is 1. The van der Waals surface area contributed by atoms with Crippen molar-refractivity contribution < 1.29 is 13.7 Å². The number of nitrogens with zero attached hydrogens (tertiary/aromatic N) is 1. The highest BCUT2D eigenvalue weighted by Crippen LogP contribution is 2.17. The van der Waals surface area contributed by atoms with Gasteiger partial charge in [0, 0.05) is 35.7 Å². The van der Waals surface area contributed by atoms with E-state index in [0.717, 1.165) is 17.7 Å². The summed E-state index contributed by atoms with van der Waals surface area (Å²) in [4.78, 5) is 14.0. The van der Waals surface area contributed by atoms with Gasteiger partial charge in [0.1, 0.15) is 5.75 Å². The van der Waals surface area contributed by atoms with Gasteiger partial charge in [-0.3, -0.25) is 4.21 Å². The standard InChI is InChI=1S/C17H26N2O3S/c1-13-7-4-5-8-16(13)22-11-6-9-18-17(20)19-10-12-23(21)15(3)14(19)2/h4-5,7-8,14-15H,6,9-12H2,1-3H3,(H,18,20)/t14-,15+,23-/m1/s1. The second kappa shape index (κ2) is 8.34. The Balaban J connectivity index is 1.69. The molecule has 0 radical (unpaired) electrons. The van der Waals surface area contributed by atoms with Gasteiger partial charge in [0.25, 0.3) is 0 Å². The lowest BCUT2D eigenvalue weighted by molar-refractivity contribution is 0.178. The average molecular weight is 338 g/mol. The van der Waals surface area contributed by atoms with E-state index in [4.69, 9.17) is 4.74 Å². The normalized spacial score (nSPS) is 24.3. The first kappa shape index (κ1) is 17.8. The minimum absolute atomic E-state index is 0.00722. The monoisotopic (exact) mass is 338 g/mol. The fourth-order valence-electron chi connectivity index (χ4n) is 2.61. The first-order valence-corrected chi connectivity index (χ1v) is 9.49. The number of rotatable bonds is 5. The van der Waals surface area contributed by atoms with Crippen LogP contribution in [0.2, 0.25) is 0 Å². The molecule has 128 valence electrons. The first-order valence-electron chi connectivity index (χ1n) is 8.10. The molecule has 1 N–H and O–H groups in total. The summed E-state index contributed by atoms with van der Waals surface area (Å²) < 4.78 is 17.5. The molecule has 3 atom stereocenters. The lowest BCUT2D eigenvalue weighted by Gasteiger charge is -2.37. The van der Waals surface area contributed by atoms with Gasteiger partial charge in [-0.15, -0.1) is 0 Å². The van der Waals surface area contributed by atoms with Crippen molar-refractivity contribution in [3.8, 4) is 5.75 Å². The molecular formula is C17H26N2O3S. The molecule has 0 aromatic heterocycles. The molecule has 2 rings (SSSR count). The predicted octanol–water partition coefficient (Wildman–Crippen LogP) is 2.31. The highest BCUT2D eigenvalue weighted by Gasteiger charge is 2.32. The van der Waals surface area contributed by atoms with Crippen LogP contribution in [-0.4, -0.2) is 51.9 Å². The number of ether oxygens (including phenoxy) is 1. The molecule has 1 aromatic rings. The third-order valence-corrected chi connectivity index (χ3v) is 6.14. The van der Waals surface area contributed by atoms with E-state index in [1.165, 1.54) is 0 Å². The number of hydrogen-bond acceptors (Lipinski definition) is 3. The van der Waals surface area contributed by atoms with Gasteiger partial charge in [-0.25, -0.2) is 4.79 Å². The number of aryl methyl sites for hydroxylation is 1. The van der Waals surface area contributed by atoms with E-state index in [-0.39, 0.29) is 17.3 Å². The van der Waals surface area contributed by atoms with Crippen LogP contribution in [0, 0.1) is 6.92 Å². The molecule has 0 aliphatic carbocycles. The molecule has 5 nitrogen and oxygen atoms in total. The Bertz CT molecular complexity index is 565. The summed E-state index contributed by atoms with van der Waals surface area (Å²) in [5, 5.41) is 2.95. The molecule has 23 heavy (non-hydrogen) atoms. The topological polar surface area (TPSA) is 58.6 Å². The maximum Gasteiger partial charge on any atom is 0.317 e. The molecular weight excluding hydrogens is 312 g/mol. The van der Waals surface area contributed by atoms with Crippen molar-refractivity contribution in [1.29, 1.82) is 0 Å². The summed E-state index contributed by atoms with van der Waals surface area (Å²) in [7, 11) is -0.826. The summed E-state index contributed by atoms with van der Waals surface area (Å²) in [6.07, 6.45) is 0.754. The van der Waals surface area contributed by atoms with Gasteiger partial charge in [-0.1, -0.05) is 18.2 Å². The van der Waals surface area contributed by atoms with Gasteiger partial charge in [0.2, 0.25) is 0 Å². The van der Waals surface area contributed by atoms with Crippen LogP contribution in [-0.2, 0) is 10.8 Å². The lowest BCUT2D eigenvalue weighted by Crippen LogP contribution is -2.55. The smallest absolute Gasteiger partial charge is 0.317 e. The first-order chi connectivity index (χ1) is 11.0. The number of urea groups is 1. The van der Waals surface area contributed by atoms with Crippen LogP contribution in [0.5, 0.6) is 5.75 Å². The van der Waals surface area contributed by atoms with Crippen LogP contribution in [0.3, 0.4) is 0 Å². The van der Waals surface area contributed by atoms with Crippen molar-refractivity contribution in [2.75, 3.05) is 25.4 Å². The Hall–Kier alpha value is -1.56. The van der Waals surface area contributed by atoms with E-state index >= 15 is 0 Å². The predicted molar refractivity (Wildman–Crippen MR) is 93.3 cm³/mol. The number of carbonyl (C=O) groups is 1. The SMILES string of the molecule is Cc1ccccc1OCCCNC(=O)N1CC[S@@](=O)[C@@H](C)[C@H]1C. The Kier molecular flexibility index (Phi) is 6.45. The zero-order valence-corrected chi connectivity index (χ0v) is 14.9. The number of amides is 2. The van der Waals surface area contributed by atoms with Crippen molar-refractivity contribution in [3.05, 3.63) is 29.8 Å². The number of carbonyl (C=O) groups excluding carboxylic acids is 1. The van der Waals surface area contributed by atoms with Gasteiger partial charge in [0.15, 0.2) is 0 Å². The summed E-state index contributed by atoms with van der Waals surface area (Å²) in [6.45, 7) is 7.62.